The van der Waals surface area contributed by atoms with Gasteiger partial charge in [0.15, 0.2) is 0 Å². The Balaban J connectivity index is 1.82. The number of halogens is 2. The maximum atomic E-state index is 13.7. The summed E-state index contributed by atoms with van der Waals surface area (Å²) in [5.41, 5.74) is 5.54. The van der Waals surface area contributed by atoms with Crippen molar-refractivity contribution < 1.29 is 31.5 Å². The van der Waals surface area contributed by atoms with Crippen molar-refractivity contribution in [2.24, 2.45) is 5.73 Å². The van der Waals surface area contributed by atoms with E-state index in [1.54, 1.807) is 25.1 Å². The first kappa shape index (κ1) is 25.4. The lowest BCUT2D eigenvalue weighted by molar-refractivity contribution is 0.329. The number of sulfonamides is 1. The molecular weight excluding hydrogens is 516 g/mol. The van der Waals surface area contributed by atoms with Crippen LogP contribution in [-0.4, -0.2) is 32.7 Å². The van der Waals surface area contributed by atoms with Gasteiger partial charge in [-0.3, -0.25) is 0 Å². The van der Waals surface area contributed by atoms with Crippen molar-refractivity contribution in [1.29, 1.82) is 5.26 Å². The SMILES string of the molecule is Cc1c(S(=O)(=O)NCP(=O)(O)Oc2ccc(C#N)c(F)c2)sc2c(Cl)cc(OCCN)cc12. The van der Waals surface area contributed by atoms with Gasteiger partial charge in [-0.25, -0.2) is 17.4 Å². The van der Waals surface area contributed by atoms with Crippen molar-refractivity contribution in [2.45, 2.75) is 11.1 Å². The van der Waals surface area contributed by atoms with Gasteiger partial charge in [0, 0.05) is 24.1 Å². The maximum Gasteiger partial charge on any atom is 0.391 e. The smallest absolute Gasteiger partial charge is 0.391 e. The Morgan fingerprint density at radius 3 is 2.70 bits per heavy atom. The van der Waals surface area contributed by atoms with Gasteiger partial charge in [0.2, 0.25) is 0 Å². The summed E-state index contributed by atoms with van der Waals surface area (Å²) in [5.74, 6) is -0.840. The van der Waals surface area contributed by atoms with Crippen molar-refractivity contribution in [1.82, 2.24) is 4.72 Å². The Labute approximate surface area is 198 Å². The third kappa shape index (κ3) is 5.83. The van der Waals surface area contributed by atoms with Crippen LogP contribution in [0.25, 0.3) is 10.1 Å². The second-order valence-electron chi connectivity index (χ2n) is 6.72. The molecule has 176 valence electrons. The number of nitriles is 1. The Morgan fingerprint density at radius 1 is 1.33 bits per heavy atom. The quantitative estimate of drug-likeness (QED) is 0.352. The van der Waals surface area contributed by atoms with E-state index in [-0.39, 0.29) is 27.2 Å². The van der Waals surface area contributed by atoms with Gasteiger partial charge in [0.1, 0.15) is 40.5 Å². The minimum Gasteiger partial charge on any atom is -0.492 e. The van der Waals surface area contributed by atoms with Gasteiger partial charge in [-0.05, 0) is 30.7 Å². The summed E-state index contributed by atoms with van der Waals surface area (Å²) >= 11 is 7.18. The van der Waals surface area contributed by atoms with Crippen LogP contribution in [0.4, 0.5) is 4.39 Å². The van der Waals surface area contributed by atoms with Crippen LogP contribution in [0.15, 0.2) is 34.5 Å². The van der Waals surface area contributed by atoms with Crippen molar-refractivity contribution in [2.75, 3.05) is 19.4 Å². The van der Waals surface area contributed by atoms with Gasteiger partial charge in [-0.15, -0.1) is 11.3 Å². The molecule has 0 spiro atoms. The number of hydrogen-bond acceptors (Lipinski definition) is 8. The lowest BCUT2D eigenvalue weighted by Crippen LogP contribution is -2.25. The second kappa shape index (κ2) is 9.95. The zero-order chi connectivity index (χ0) is 24.4. The third-order valence-corrected chi connectivity index (χ3v) is 9.36. The Hall–Kier alpha value is -2.23. The van der Waals surface area contributed by atoms with Gasteiger partial charge >= 0.3 is 7.60 Å². The maximum absolute atomic E-state index is 13.7. The van der Waals surface area contributed by atoms with E-state index in [1.165, 1.54) is 0 Å². The van der Waals surface area contributed by atoms with Gasteiger partial charge in [0.05, 0.1) is 15.3 Å². The number of ether oxygens (including phenoxy) is 1. The first-order chi connectivity index (χ1) is 15.5. The second-order valence-corrected chi connectivity index (χ2v) is 11.9. The number of nitrogens with zero attached hydrogens (tertiary/aromatic N) is 1. The third-order valence-electron chi connectivity index (χ3n) is 4.32. The molecule has 0 radical (unpaired) electrons. The number of benzene rings is 2. The predicted octanol–water partition coefficient (Wildman–Crippen LogP) is 3.71. The van der Waals surface area contributed by atoms with Crippen LogP contribution in [0.2, 0.25) is 5.02 Å². The highest BCUT2D eigenvalue weighted by molar-refractivity contribution is 7.92. The van der Waals surface area contributed by atoms with Crippen LogP contribution in [-0.2, 0) is 14.6 Å². The number of aryl methyl sites for hydroxylation is 1. The number of thiophene rings is 1. The Morgan fingerprint density at radius 2 is 2.06 bits per heavy atom. The number of rotatable bonds is 9. The molecule has 14 heteroatoms. The van der Waals surface area contributed by atoms with Crippen LogP contribution in [0.5, 0.6) is 11.5 Å². The van der Waals surface area contributed by atoms with Crippen LogP contribution in [0, 0.1) is 24.1 Å². The molecule has 3 rings (SSSR count). The number of nitrogens with two attached hydrogens (primary N) is 1. The standard InChI is InChI=1S/C19H18ClFN3O6PS2/c1-11-15-6-14(29-5-4-22)7-16(20)18(15)32-19(11)33(27,28)24-10-31(25,26)30-13-3-2-12(9-23)17(21)8-13/h2-3,6-8,24H,4-5,10,22H2,1H3,(H,25,26). The van der Waals surface area contributed by atoms with E-state index in [1.807, 2.05) is 0 Å². The molecule has 2 aromatic carbocycles. The van der Waals surface area contributed by atoms with Gasteiger partial charge in [0.25, 0.3) is 10.0 Å². The number of hydrogen-bond donors (Lipinski definition) is 3. The largest absolute Gasteiger partial charge is 0.492 e. The molecule has 1 unspecified atom stereocenters. The summed E-state index contributed by atoms with van der Waals surface area (Å²) < 4.78 is 64.5. The fraction of sp³-hybridized carbons (Fsp3) is 0.211. The highest BCUT2D eigenvalue weighted by atomic mass is 35.5. The number of fused-ring (bicyclic) bond motifs is 1. The minimum absolute atomic E-state index is 0.0974. The first-order valence-electron chi connectivity index (χ1n) is 9.23. The zero-order valence-electron chi connectivity index (χ0n) is 17.0. The predicted molar refractivity (Wildman–Crippen MR) is 123 cm³/mol. The van der Waals surface area contributed by atoms with Crippen LogP contribution in [0.3, 0.4) is 0 Å². The van der Waals surface area contributed by atoms with E-state index >= 15 is 0 Å². The summed E-state index contributed by atoms with van der Waals surface area (Å²) in [6.45, 7) is 2.12. The van der Waals surface area contributed by atoms with Gasteiger partial charge in [-0.2, -0.15) is 9.98 Å². The summed E-state index contributed by atoms with van der Waals surface area (Å²) in [5, 5.41) is 9.58. The van der Waals surface area contributed by atoms with Crippen molar-refractivity contribution in [3.05, 3.63) is 52.3 Å². The summed E-state index contributed by atoms with van der Waals surface area (Å²) in [6, 6.07) is 7.76. The minimum atomic E-state index is -4.55. The summed E-state index contributed by atoms with van der Waals surface area (Å²) in [6.07, 6.45) is -0.969. The fourth-order valence-electron chi connectivity index (χ4n) is 2.82. The number of nitrogens with one attached hydrogen (secondary N) is 1. The Kier molecular flexibility index (Phi) is 7.65. The van der Waals surface area contributed by atoms with Crippen molar-refractivity contribution in [3.8, 4) is 17.6 Å². The first-order valence-corrected chi connectivity index (χ1v) is 13.7. The summed E-state index contributed by atoms with van der Waals surface area (Å²) in [7, 11) is -8.77. The molecule has 0 aliphatic rings. The lowest BCUT2D eigenvalue weighted by Gasteiger charge is -2.14. The molecule has 4 N–H and O–H groups in total. The summed E-state index contributed by atoms with van der Waals surface area (Å²) in [4.78, 5) is 10.0. The fourth-order valence-corrected chi connectivity index (χ4v) is 7.42. The molecule has 0 saturated carbocycles. The van der Waals surface area contributed by atoms with E-state index in [4.69, 9.17) is 31.9 Å². The molecule has 0 fully saturated rings. The van der Waals surface area contributed by atoms with Crippen LogP contribution < -0.4 is 19.7 Å². The normalized spacial score (nSPS) is 13.5. The topological polar surface area (TPSA) is 152 Å². The van der Waals surface area contributed by atoms with Gasteiger partial charge in [-0.1, -0.05) is 11.6 Å². The average Bonchev–Trinajstić information content (AvgIpc) is 3.09. The molecule has 1 aromatic heterocycles. The van der Waals surface area contributed by atoms with E-state index in [9.17, 15) is 22.3 Å². The molecule has 3 aromatic rings. The zero-order valence-corrected chi connectivity index (χ0v) is 20.3. The van der Waals surface area contributed by atoms with E-state index < -0.39 is 29.7 Å². The monoisotopic (exact) mass is 533 g/mol. The van der Waals surface area contributed by atoms with Gasteiger partial charge < -0.3 is 19.9 Å². The molecule has 0 aliphatic heterocycles. The van der Waals surface area contributed by atoms with Crippen molar-refractivity contribution in [3.63, 3.8) is 0 Å². The highest BCUT2D eigenvalue weighted by Gasteiger charge is 2.29. The molecule has 9 nitrogen and oxygen atoms in total. The van der Waals surface area contributed by atoms with Crippen LogP contribution in [0.1, 0.15) is 11.1 Å². The van der Waals surface area contributed by atoms with E-state index in [0.717, 1.165) is 29.5 Å². The molecule has 0 saturated heterocycles. The van der Waals surface area contributed by atoms with Crippen LogP contribution >= 0.6 is 30.5 Å². The van der Waals surface area contributed by atoms with Crippen molar-refractivity contribution >= 4 is 50.6 Å². The molecule has 0 amide bonds. The lowest BCUT2D eigenvalue weighted by atomic mass is 10.2. The highest BCUT2D eigenvalue weighted by Crippen LogP contribution is 2.44. The molecule has 33 heavy (non-hydrogen) atoms. The van der Waals surface area contributed by atoms with E-state index in [0.29, 0.717) is 27.9 Å². The molecular formula is C19H18ClFN3O6PS2. The average molecular weight is 534 g/mol. The molecule has 1 atom stereocenters. The molecule has 1 heterocycles. The van der Waals surface area contributed by atoms with E-state index in [2.05, 4.69) is 4.72 Å². The molecule has 0 bridgehead atoms. The Bertz CT molecular complexity index is 1410. The molecule has 0 aliphatic carbocycles.